The zero-order chi connectivity index (χ0) is 19.2. The monoisotopic (exact) mass is 371 g/mol. The molecule has 1 aromatic carbocycles. The van der Waals surface area contributed by atoms with Crippen molar-refractivity contribution >= 4 is 17.6 Å². The van der Waals surface area contributed by atoms with Crippen molar-refractivity contribution in [1.82, 2.24) is 0 Å². The minimum atomic E-state index is -0.707. The van der Waals surface area contributed by atoms with Crippen LogP contribution in [0.15, 0.2) is 30.3 Å². The molecule has 4 aliphatic carbocycles. The van der Waals surface area contributed by atoms with E-state index >= 15 is 0 Å². The summed E-state index contributed by atoms with van der Waals surface area (Å²) in [7, 11) is 0. The van der Waals surface area contributed by atoms with Gasteiger partial charge in [0.05, 0.1) is 11.0 Å². The van der Waals surface area contributed by atoms with E-state index in [4.69, 9.17) is 4.74 Å². The third-order valence-corrected chi connectivity index (χ3v) is 6.61. The topological polar surface area (TPSA) is 66.8 Å². The largest absolute Gasteiger partial charge is 0.455 e. The molecule has 0 aromatic heterocycles. The van der Waals surface area contributed by atoms with Gasteiger partial charge < -0.3 is 14.7 Å². The Morgan fingerprint density at radius 2 is 1.78 bits per heavy atom. The van der Waals surface area contributed by atoms with Gasteiger partial charge in [0.2, 0.25) is 0 Å². The van der Waals surface area contributed by atoms with Crippen LogP contribution in [0.4, 0.5) is 5.69 Å². The van der Waals surface area contributed by atoms with Crippen molar-refractivity contribution < 1.29 is 19.4 Å². The Bertz CT molecular complexity index is 715. The summed E-state index contributed by atoms with van der Waals surface area (Å²) in [6, 6.07) is 9.42. The molecule has 5 rings (SSSR count). The first-order valence-corrected chi connectivity index (χ1v) is 10.1. The summed E-state index contributed by atoms with van der Waals surface area (Å²) >= 11 is 0. The van der Waals surface area contributed by atoms with E-state index in [9.17, 15) is 14.7 Å². The van der Waals surface area contributed by atoms with E-state index in [2.05, 4.69) is 0 Å². The molecule has 1 aromatic rings. The zero-order valence-electron chi connectivity index (χ0n) is 16.2. The van der Waals surface area contributed by atoms with E-state index in [0.29, 0.717) is 18.3 Å². The Morgan fingerprint density at radius 3 is 2.33 bits per heavy atom. The Balaban J connectivity index is 1.44. The average molecular weight is 371 g/mol. The maximum absolute atomic E-state index is 13.0. The second-order valence-corrected chi connectivity index (χ2v) is 9.23. The number of amides is 1. The minimum Gasteiger partial charge on any atom is -0.455 e. The number of nitrogens with zero attached hydrogens (tertiary/aromatic N) is 1. The number of hydrogen-bond acceptors (Lipinski definition) is 4. The fraction of sp³-hybridized carbons (Fsp3) is 0.636. The third-order valence-electron chi connectivity index (χ3n) is 6.61. The molecule has 0 radical (unpaired) electrons. The standard InChI is InChI=1S/C22H29NO4/c1-15(2)23(18-6-4-3-5-7-18)19(24)13-27-20(25)21-9-16-8-17(10-21)12-22(26,11-16)14-21/h3-7,15-17,26H,8-14H2,1-2H3/t16-,17+,21?,22?. The average Bonchev–Trinajstić information content (AvgIpc) is 2.58. The van der Waals surface area contributed by atoms with Crippen molar-refractivity contribution in [3.8, 4) is 0 Å². The second-order valence-electron chi connectivity index (χ2n) is 9.23. The van der Waals surface area contributed by atoms with Crippen molar-refractivity contribution in [3.05, 3.63) is 30.3 Å². The lowest BCUT2D eigenvalue weighted by atomic mass is 9.48. The normalized spacial score (nSPS) is 33.9. The van der Waals surface area contributed by atoms with E-state index in [1.807, 2.05) is 44.2 Å². The van der Waals surface area contributed by atoms with E-state index in [1.165, 1.54) is 0 Å². The highest BCUT2D eigenvalue weighted by Crippen LogP contribution is 2.61. The summed E-state index contributed by atoms with van der Waals surface area (Å²) in [6.45, 7) is 3.64. The summed E-state index contributed by atoms with van der Waals surface area (Å²) in [5.41, 5.74) is -0.493. The fourth-order valence-corrected chi connectivity index (χ4v) is 6.12. The molecule has 5 heteroatoms. The fourth-order valence-electron chi connectivity index (χ4n) is 6.12. The molecule has 0 heterocycles. The molecule has 146 valence electrons. The highest BCUT2D eigenvalue weighted by molar-refractivity contribution is 5.96. The summed E-state index contributed by atoms with van der Waals surface area (Å²) in [5, 5.41) is 10.8. The first-order chi connectivity index (χ1) is 12.8. The van der Waals surface area contributed by atoms with E-state index in [0.717, 1.165) is 37.8 Å². The van der Waals surface area contributed by atoms with E-state index < -0.39 is 11.0 Å². The number of carbonyl (C=O) groups is 2. The van der Waals surface area contributed by atoms with Crippen LogP contribution >= 0.6 is 0 Å². The number of ether oxygens (including phenoxy) is 1. The van der Waals surface area contributed by atoms with Gasteiger partial charge in [-0.05, 0) is 76.3 Å². The van der Waals surface area contributed by atoms with Crippen LogP contribution in [0.5, 0.6) is 0 Å². The number of para-hydroxylation sites is 1. The van der Waals surface area contributed by atoms with Gasteiger partial charge in [0.15, 0.2) is 6.61 Å². The van der Waals surface area contributed by atoms with Crippen LogP contribution in [0.2, 0.25) is 0 Å². The summed E-state index contributed by atoms with van der Waals surface area (Å²) < 4.78 is 5.55. The number of esters is 1. The molecule has 0 saturated heterocycles. The van der Waals surface area contributed by atoms with Crippen LogP contribution < -0.4 is 4.90 Å². The van der Waals surface area contributed by atoms with Crippen molar-refractivity contribution in [1.29, 1.82) is 0 Å². The number of rotatable bonds is 5. The smallest absolute Gasteiger partial charge is 0.312 e. The summed E-state index contributed by atoms with van der Waals surface area (Å²) in [6.07, 6.45) is 4.83. The van der Waals surface area contributed by atoms with Crippen molar-refractivity contribution in [2.45, 2.75) is 64.0 Å². The quantitative estimate of drug-likeness (QED) is 0.807. The molecule has 27 heavy (non-hydrogen) atoms. The van der Waals surface area contributed by atoms with E-state index in [-0.39, 0.29) is 24.5 Å². The van der Waals surface area contributed by atoms with Gasteiger partial charge in [-0.3, -0.25) is 9.59 Å². The Labute approximate surface area is 160 Å². The maximum atomic E-state index is 13.0. The van der Waals surface area contributed by atoms with Crippen molar-refractivity contribution in [2.24, 2.45) is 17.3 Å². The lowest BCUT2D eigenvalue weighted by molar-refractivity contribution is -0.196. The molecule has 0 spiro atoms. The van der Waals surface area contributed by atoms with Crippen LogP contribution in [0, 0.1) is 17.3 Å². The van der Waals surface area contributed by atoms with Gasteiger partial charge in [0.25, 0.3) is 5.91 Å². The third kappa shape index (κ3) is 3.38. The molecule has 4 saturated carbocycles. The second kappa shape index (κ2) is 6.62. The van der Waals surface area contributed by atoms with Gasteiger partial charge in [-0.25, -0.2) is 0 Å². The Hall–Kier alpha value is -1.88. The molecule has 5 nitrogen and oxygen atoms in total. The number of aliphatic hydroxyl groups is 1. The minimum absolute atomic E-state index is 0.0288. The molecule has 1 amide bonds. The molecular weight excluding hydrogens is 342 g/mol. The van der Waals surface area contributed by atoms with Crippen LogP contribution in [0.1, 0.15) is 52.4 Å². The lowest BCUT2D eigenvalue weighted by Gasteiger charge is -2.58. The highest BCUT2D eigenvalue weighted by Gasteiger charge is 2.60. The summed E-state index contributed by atoms with van der Waals surface area (Å²) in [5.74, 6) is 0.320. The predicted molar refractivity (Wildman–Crippen MR) is 102 cm³/mol. The molecule has 4 aliphatic rings. The molecule has 0 aliphatic heterocycles. The van der Waals surface area contributed by atoms with Gasteiger partial charge >= 0.3 is 5.97 Å². The van der Waals surface area contributed by atoms with Crippen molar-refractivity contribution in [2.75, 3.05) is 11.5 Å². The van der Waals surface area contributed by atoms with Crippen LogP contribution in [0.3, 0.4) is 0 Å². The van der Waals surface area contributed by atoms with Crippen LogP contribution in [-0.4, -0.2) is 35.2 Å². The van der Waals surface area contributed by atoms with E-state index in [1.54, 1.807) is 4.90 Å². The molecule has 4 fully saturated rings. The number of carbonyl (C=O) groups excluding carboxylic acids is 2. The van der Waals surface area contributed by atoms with Crippen LogP contribution in [-0.2, 0) is 14.3 Å². The molecule has 1 N–H and O–H groups in total. The molecule has 2 unspecified atom stereocenters. The SMILES string of the molecule is CC(C)N(C(=O)COC(=O)C12C[C@@H]3C[C@@H](CC(O)(C3)C1)C2)c1ccccc1. The highest BCUT2D eigenvalue weighted by atomic mass is 16.5. The van der Waals surface area contributed by atoms with Gasteiger partial charge in [-0.15, -0.1) is 0 Å². The lowest BCUT2D eigenvalue weighted by Crippen LogP contribution is -2.58. The van der Waals surface area contributed by atoms with Crippen LogP contribution in [0.25, 0.3) is 0 Å². The first kappa shape index (κ1) is 18.5. The van der Waals surface area contributed by atoms with Gasteiger partial charge in [0.1, 0.15) is 0 Å². The molecule has 4 atom stereocenters. The Morgan fingerprint density at radius 1 is 1.15 bits per heavy atom. The maximum Gasteiger partial charge on any atom is 0.312 e. The molecule has 4 bridgehead atoms. The summed E-state index contributed by atoms with van der Waals surface area (Å²) in [4.78, 5) is 27.4. The first-order valence-electron chi connectivity index (χ1n) is 10.1. The number of hydrogen-bond donors (Lipinski definition) is 1. The number of anilines is 1. The Kier molecular flexibility index (Phi) is 4.53. The molecular formula is C22H29NO4. The zero-order valence-corrected chi connectivity index (χ0v) is 16.2. The van der Waals surface area contributed by atoms with Gasteiger partial charge in [-0.2, -0.15) is 0 Å². The van der Waals surface area contributed by atoms with Gasteiger partial charge in [0, 0.05) is 11.7 Å². The number of benzene rings is 1. The predicted octanol–water partition coefficient (Wildman–Crippen LogP) is 3.30. The van der Waals surface area contributed by atoms with Gasteiger partial charge in [-0.1, -0.05) is 18.2 Å². The van der Waals surface area contributed by atoms with Crippen molar-refractivity contribution in [3.63, 3.8) is 0 Å².